The summed E-state index contributed by atoms with van der Waals surface area (Å²) in [6, 6.07) is 12.5. The molecule has 1 aliphatic heterocycles. The zero-order valence-corrected chi connectivity index (χ0v) is 21.0. The lowest BCUT2D eigenvalue weighted by Gasteiger charge is -2.28. The summed E-state index contributed by atoms with van der Waals surface area (Å²) >= 11 is 0. The minimum atomic E-state index is -3.93. The number of hydrogen-bond donors (Lipinski definition) is 2. The molecule has 0 saturated heterocycles. The van der Waals surface area contributed by atoms with E-state index in [0.717, 1.165) is 4.90 Å². The molecule has 0 aliphatic carbocycles. The van der Waals surface area contributed by atoms with Gasteiger partial charge in [0.1, 0.15) is 17.7 Å². The summed E-state index contributed by atoms with van der Waals surface area (Å²) in [5.74, 6) is -1.38. The zero-order valence-electron chi connectivity index (χ0n) is 20.1. The maximum atomic E-state index is 13.2. The van der Waals surface area contributed by atoms with Crippen LogP contribution in [0.4, 0.5) is 11.5 Å². The first-order valence-electron chi connectivity index (χ1n) is 11.2. The van der Waals surface area contributed by atoms with Crippen LogP contribution in [0.2, 0.25) is 0 Å². The molecule has 0 unspecified atom stereocenters. The van der Waals surface area contributed by atoms with Crippen LogP contribution in [0.5, 0.6) is 0 Å². The van der Waals surface area contributed by atoms with E-state index < -0.39 is 33.8 Å². The minimum Gasteiger partial charge on any atom is -0.324 e. The van der Waals surface area contributed by atoms with Gasteiger partial charge in [0.05, 0.1) is 16.0 Å². The second kappa shape index (κ2) is 9.50. The van der Waals surface area contributed by atoms with E-state index in [1.807, 2.05) is 0 Å². The third-order valence-electron chi connectivity index (χ3n) is 5.64. The van der Waals surface area contributed by atoms with Gasteiger partial charge in [-0.3, -0.25) is 24.0 Å². The van der Waals surface area contributed by atoms with E-state index in [-0.39, 0.29) is 27.8 Å². The number of nitrogens with zero attached hydrogens (tertiary/aromatic N) is 3. The first-order valence-corrected chi connectivity index (χ1v) is 12.7. The summed E-state index contributed by atoms with van der Waals surface area (Å²) in [5.41, 5.74) is 1.46. The fraction of sp³-hybridized carbons (Fsp3) is 0.240. The zero-order chi connectivity index (χ0) is 26.2. The Morgan fingerprint density at radius 2 is 1.50 bits per heavy atom. The van der Waals surface area contributed by atoms with Crippen LogP contribution in [-0.4, -0.2) is 47.0 Å². The van der Waals surface area contributed by atoms with Crippen molar-refractivity contribution in [1.29, 1.82) is 0 Å². The van der Waals surface area contributed by atoms with E-state index >= 15 is 0 Å². The number of rotatable bonds is 7. The third-order valence-corrected chi connectivity index (χ3v) is 7.01. The van der Waals surface area contributed by atoms with Crippen molar-refractivity contribution >= 4 is 39.3 Å². The van der Waals surface area contributed by atoms with Gasteiger partial charge in [0, 0.05) is 17.4 Å². The van der Waals surface area contributed by atoms with E-state index in [1.165, 1.54) is 30.3 Å². The SMILES string of the molecule is Cc1cc(NS(=O)(=O)c2ccc(NC(=O)[C@@H](C(C)C)N3C(=O)c4ccccc4C3=O)cc2)nc(C)n1. The first kappa shape index (κ1) is 25.0. The third kappa shape index (κ3) is 4.82. The van der Waals surface area contributed by atoms with Crippen molar-refractivity contribution in [2.24, 2.45) is 5.92 Å². The molecule has 2 aromatic carbocycles. The van der Waals surface area contributed by atoms with Crippen molar-refractivity contribution in [2.75, 3.05) is 10.0 Å². The number of imide groups is 1. The molecule has 3 aromatic rings. The number of anilines is 2. The number of carbonyl (C=O) groups is 3. The highest BCUT2D eigenvalue weighted by molar-refractivity contribution is 7.92. The number of benzene rings is 2. The molecule has 4 rings (SSSR count). The molecule has 0 spiro atoms. The Balaban J connectivity index is 1.51. The topological polar surface area (TPSA) is 138 Å². The average Bonchev–Trinajstić information content (AvgIpc) is 3.04. The maximum absolute atomic E-state index is 13.2. The quantitative estimate of drug-likeness (QED) is 0.469. The van der Waals surface area contributed by atoms with Gasteiger partial charge in [-0.2, -0.15) is 0 Å². The van der Waals surface area contributed by atoms with Crippen LogP contribution in [0.3, 0.4) is 0 Å². The van der Waals surface area contributed by atoms with Crippen molar-refractivity contribution < 1.29 is 22.8 Å². The lowest BCUT2D eigenvalue weighted by atomic mass is 10.0. The molecule has 1 aliphatic rings. The Hall–Kier alpha value is -4.12. The maximum Gasteiger partial charge on any atom is 0.263 e. The Morgan fingerprint density at radius 1 is 0.917 bits per heavy atom. The summed E-state index contributed by atoms with van der Waals surface area (Å²) in [5, 5.41) is 2.69. The fourth-order valence-corrected chi connectivity index (χ4v) is 5.07. The molecule has 0 radical (unpaired) electrons. The van der Waals surface area contributed by atoms with Crippen LogP contribution in [-0.2, 0) is 14.8 Å². The second-order valence-electron chi connectivity index (χ2n) is 8.78. The van der Waals surface area contributed by atoms with Crippen LogP contribution in [0, 0.1) is 19.8 Å². The summed E-state index contributed by atoms with van der Waals surface area (Å²) in [7, 11) is -3.93. The number of aryl methyl sites for hydroxylation is 2. The first-order chi connectivity index (χ1) is 17.0. The molecule has 186 valence electrons. The minimum absolute atomic E-state index is 0.0322. The number of carbonyl (C=O) groups excluding carboxylic acids is 3. The van der Waals surface area contributed by atoms with E-state index in [0.29, 0.717) is 17.2 Å². The normalized spacial score (nSPS) is 14.1. The molecule has 3 amide bonds. The van der Waals surface area contributed by atoms with Gasteiger partial charge in [0.15, 0.2) is 0 Å². The Kier molecular flexibility index (Phi) is 6.59. The van der Waals surface area contributed by atoms with Crippen molar-refractivity contribution in [1.82, 2.24) is 14.9 Å². The van der Waals surface area contributed by atoms with Crippen LogP contribution in [0.15, 0.2) is 59.5 Å². The number of fused-ring (bicyclic) bond motifs is 1. The molecule has 0 fully saturated rings. The predicted molar refractivity (Wildman–Crippen MR) is 133 cm³/mol. The summed E-state index contributed by atoms with van der Waals surface area (Å²) in [6.45, 7) is 6.88. The molecule has 1 aromatic heterocycles. The molecule has 36 heavy (non-hydrogen) atoms. The molecule has 0 saturated carbocycles. The van der Waals surface area contributed by atoms with Gasteiger partial charge < -0.3 is 5.32 Å². The number of sulfonamides is 1. The lowest BCUT2D eigenvalue weighted by molar-refractivity contribution is -0.121. The van der Waals surface area contributed by atoms with Gasteiger partial charge in [0.2, 0.25) is 5.91 Å². The molecule has 0 bridgehead atoms. The van der Waals surface area contributed by atoms with E-state index in [1.54, 1.807) is 52.0 Å². The standard InChI is InChI=1S/C25H25N5O5S/c1-14(2)22(30-24(32)19-7-5-6-8-20(19)25(30)33)23(31)28-17-9-11-18(12-10-17)36(34,35)29-21-13-15(3)26-16(4)27-21/h5-14,22H,1-4H3,(H,28,31)(H,26,27,29)/t22-/m1/s1. The van der Waals surface area contributed by atoms with Crippen molar-refractivity contribution in [3.05, 3.63) is 77.2 Å². The van der Waals surface area contributed by atoms with Crippen molar-refractivity contribution in [3.8, 4) is 0 Å². The van der Waals surface area contributed by atoms with Gasteiger partial charge in [-0.1, -0.05) is 26.0 Å². The molecule has 11 heteroatoms. The van der Waals surface area contributed by atoms with Crippen LogP contribution >= 0.6 is 0 Å². The smallest absolute Gasteiger partial charge is 0.263 e. The van der Waals surface area contributed by atoms with Gasteiger partial charge in [-0.15, -0.1) is 0 Å². The van der Waals surface area contributed by atoms with E-state index in [4.69, 9.17) is 0 Å². The summed E-state index contributed by atoms with van der Waals surface area (Å²) in [4.78, 5) is 48.1. The van der Waals surface area contributed by atoms with Gasteiger partial charge in [0.25, 0.3) is 21.8 Å². The highest BCUT2D eigenvalue weighted by atomic mass is 32.2. The molecule has 10 nitrogen and oxygen atoms in total. The predicted octanol–water partition coefficient (Wildman–Crippen LogP) is 3.15. The van der Waals surface area contributed by atoms with E-state index in [2.05, 4.69) is 20.0 Å². The Bertz CT molecular complexity index is 1410. The molecule has 2 heterocycles. The fourth-order valence-electron chi connectivity index (χ4n) is 4.08. The van der Waals surface area contributed by atoms with Crippen LogP contribution in [0.25, 0.3) is 0 Å². The van der Waals surface area contributed by atoms with E-state index in [9.17, 15) is 22.8 Å². The summed E-state index contributed by atoms with van der Waals surface area (Å²) in [6.07, 6.45) is 0. The number of amides is 3. The lowest BCUT2D eigenvalue weighted by Crippen LogP contribution is -2.50. The molecular formula is C25H25N5O5S. The van der Waals surface area contributed by atoms with Gasteiger partial charge >= 0.3 is 0 Å². The molecular weight excluding hydrogens is 482 g/mol. The Morgan fingerprint density at radius 3 is 2.03 bits per heavy atom. The largest absolute Gasteiger partial charge is 0.324 e. The number of hydrogen-bond acceptors (Lipinski definition) is 7. The van der Waals surface area contributed by atoms with Crippen molar-refractivity contribution in [3.63, 3.8) is 0 Å². The Labute approximate surface area is 208 Å². The number of nitrogens with one attached hydrogen (secondary N) is 2. The second-order valence-corrected chi connectivity index (χ2v) is 10.5. The number of aromatic nitrogens is 2. The van der Waals surface area contributed by atoms with Crippen LogP contribution < -0.4 is 10.0 Å². The monoisotopic (exact) mass is 507 g/mol. The highest BCUT2D eigenvalue weighted by Crippen LogP contribution is 2.28. The summed E-state index contributed by atoms with van der Waals surface area (Å²) < 4.78 is 28.0. The van der Waals surface area contributed by atoms with Crippen LogP contribution in [0.1, 0.15) is 46.1 Å². The van der Waals surface area contributed by atoms with Gasteiger partial charge in [-0.05, 0) is 56.2 Å². The average molecular weight is 508 g/mol. The van der Waals surface area contributed by atoms with Gasteiger partial charge in [-0.25, -0.2) is 18.4 Å². The molecule has 2 N–H and O–H groups in total. The van der Waals surface area contributed by atoms with Crippen molar-refractivity contribution in [2.45, 2.75) is 38.6 Å². The highest BCUT2D eigenvalue weighted by Gasteiger charge is 2.43. The molecule has 1 atom stereocenters.